The van der Waals surface area contributed by atoms with Crippen molar-refractivity contribution in [3.05, 3.63) is 29.8 Å². The van der Waals surface area contributed by atoms with Gasteiger partial charge < -0.3 is 4.74 Å². The van der Waals surface area contributed by atoms with E-state index in [1.807, 2.05) is 23.7 Å². The predicted octanol–water partition coefficient (Wildman–Crippen LogP) is 1.89. The molecular formula is C17H23N5O3S2. The highest BCUT2D eigenvalue weighted by molar-refractivity contribution is 7.99. The molecule has 146 valence electrons. The second kappa shape index (κ2) is 7.86. The number of benzene rings is 1. The van der Waals surface area contributed by atoms with Gasteiger partial charge in [0.05, 0.1) is 10.9 Å². The lowest BCUT2D eigenvalue weighted by molar-refractivity contribution is 0.0631. The standard InChI is InChI=1S/C17H23N5O3S2/c1-13-2-4-16(5-3-13)27(23,24)21-9-6-15(12-21)26-17-18-19-20-22(17)14-7-10-25-11-8-14/h2-5,14-15H,6-12H2,1H3. The van der Waals surface area contributed by atoms with Crippen LogP contribution in [-0.4, -0.2) is 64.5 Å². The maximum absolute atomic E-state index is 12.9. The Bertz CT molecular complexity index is 878. The van der Waals surface area contributed by atoms with E-state index in [2.05, 4.69) is 15.5 Å². The largest absolute Gasteiger partial charge is 0.381 e. The highest BCUT2D eigenvalue weighted by atomic mass is 32.2. The van der Waals surface area contributed by atoms with Crippen molar-refractivity contribution in [1.82, 2.24) is 24.5 Å². The van der Waals surface area contributed by atoms with Crippen LogP contribution in [0.1, 0.15) is 30.9 Å². The molecular weight excluding hydrogens is 386 g/mol. The van der Waals surface area contributed by atoms with Gasteiger partial charge in [-0.3, -0.25) is 0 Å². The Kier molecular flexibility index (Phi) is 5.49. The Balaban J connectivity index is 1.43. The zero-order valence-electron chi connectivity index (χ0n) is 15.2. The van der Waals surface area contributed by atoms with E-state index in [-0.39, 0.29) is 11.3 Å². The summed E-state index contributed by atoms with van der Waals surface area (Å²) < 4.78 is 34.6. The molecule has 4 rings (SSSR count). The van der Waals surface area contributed by atoms with Gasteiger partial charge in [0, 0.05) is 31.6 Å². The molecule has 0 aliphatic carbocycles. The van der Waals surface area contributed by atoms with Gasteiger partial charge in [-0.25, -0.2) is 13.1 Å². The molecule has 10 heteroatoms. The molecule has 0 amide bonds. The number of hydrogen-bond acceptors (Lipinski definition) is 7. The summed E-state index contributed by atoms with van der Waals surface area (Å²) >= 11 is 1.58. The molecule has 27 heavy (non-hydrogen) atoms. The van der Waals surface area contributed by atoms with Crippen molar-refractivity contribution < 1.29 is 13.2 Å². The second-order valence-electron chi connectivity index (χ2n) is 6.95. The first-order valence-corrected chi connectivity index (χ1v) is 11.4. The minimum absolute atomic E-state index is 0.148. The van der Waals surface area contributed by atoms with Crippen LogP contribution in [0, 0.1) is 6.92 Å². The van der Waals surface area contributed by atoms with E-state index in [4.69, 9.17) is 4.74 Å². The average molecular weight is 410 g/mol. The van der Waals surface area contributed by atoms with Crippen LogP contribution in [0.25, 0.3) is 0 Å². The Morgan fingerprint density at radius 2 is 1.89 bits per heavy atom. The number of sulfonamides is 1. The first kappa shape index (κ1) is 18.9. The number of hydrogen-bond donors (Lipinski definition) is 0. The fourth-order valence-electron chi connectivity index (χ4n) is 3.44. The first-order valence-electron chi connectivity index (χ1n) is 9.13. The highest BCUT2D eigenvalue weighted by Crippen LogP contribution is 2.33. The molecule has 2 aliphatic rings. The first-order chi connectivity index (χ1) is 13.0. The zero-order valence-corrected chi connectivity index (χ0v) is 16.8. The number of aromatic nitrogens is 4. The molecule has 0 N–H and O–H groups in total. The van der Waals surface area contributed by atoms with Crippen molar-refractivity contribution in [2.45, 2.75) is 47.5 Å². The van der Waals surface area contributed by atoms with Crippen LogP contribution in [0.15, 0.2) is 34.3 Å². The third-order valence-corrected chi connectivity index (χ3v) is 8.11. The smallest absolute Gasteiger partial charge is 0.243 e. The van der Waals surface area contributed by atoms with Crippen LogP contribution in [0.2, 0.25) is 0 Å². The lowest BCUT2D eigenvalue weighted by atomic mass is 10.1. The summed E-state index contributed by atoms with van der Waals surface area (Å²) in [5, 5.41) is 13.1. The molecule has 3 heterocycles. The Morgan fingerprint density at radius 3 is 2.63 bits per heavy atom. The van der Waals surface area contributed by atoms with Gasteiger partial charge >= 0.3 is 0 Å². The van der Waals surface area contributed by atoms with Gasteiger partial charge in [0.1, 0.15) is 0 Å². The van der Waals surface area contributed by atoms with E-state index >= 15 is 0 Å². The molecule has 1 aromatic heterocycles. The van der Waals surface area contributed by atoms with E-state index in [0.717, 1.165) is 43.2 Å². The van der Waals surface area contributed by atoms with E-state index in [1.54, 1.807) is 28.2 Å². The lowest BCUT2D eigenvalue weighted by Crippen LogP contribution is -2.29. The van der Waals surface area contributed by atoms with Crippen LogP contribution in [-0.2, 0) is 14.8 Å². The van der Waals surface area contributed by atoms with Crippen molar-refractivity contribution >= 4 is 21.8 Å². The van der Waals surface area contributed by atoms with Crippen molar-refractivity contribution in [2.24, 2.45) is 0 Å². The summed E-state index contributed by atoms with van der Waals surface area (Å²) in [6, 6.07) is 7.27. The van der Waals surface area contributed by atoms with Crippen molar-refractivity contribution in [3.8, 4) is 0 Å². The predicted molar refractivity (Wildman–Crippen MR) is 101 cm³/mol. The number of rotatable bonds is 5. The third kappa shape index (κ3) is 4.03. The van der Waals surface area contributed by atoms with Crippen molar-refractivity contribution in [3.63, 3.8) is 0 Å². The number of nitrogens with zero attached hydrogens (tertiary/aromatic N) is 5. The maximum Gasteiger partial charge on any atom is 0.243 e. The van der Waals surface area contributed by atoms with E-state index in [0.29, 0.717) is 18.0 Å². The SMILES string of the molecule is Cc1ccc(S(=O)(=O)N2CCC(Sc3nnnn3C3CCOCC3)C2)cc1. The van der Waals surface area contributed by atoms with Crippen LogP contribution >= 0.6 is 11.8 Å². The minimum atomic E-state index is -3.45. The molecule has 1 unspecified atom stereocenters. The molecule has 0 spiro atoms. The van der Waals surface area contributed by atoms with E-state index < -0.39 is 10.0 Å². The van der Waals surface area contributed by atoms with E-state index in [1.165, 1.54) is 0 Å². The minimum Gasteiger partial charge on any atom is -0.381 e. The van der Waals surface area contributed by atoms with Gasteiger partial charge in [-0.2, -0.15) is 4.31 Å². The molecule has 2 aliphatic heterocycles. The summed E-state index contributed by atoms with van der Waals surface area (Å²) in [4.78, 5) is 0.353. The van der Waals surface area contributed by atoms with Gasteiger partial charge in [0.2, 0.25) is 15.2 Å². The summed E-state index contributed by atoms with van der Waals surface area (Å²) in [6.07, 6.45) is 2.59. The molecule has 2 saturated heterocycles. The average Bonchev–Trinajstić information content (AvgIpc) is 3.33. The van der Waals surface area contributed by atoms with Crippen LogP contribution in [0.3, 0.4) is 0 Å². The molecule has 0 saturated carbocycles. The quantitative estimate of drug-likeness (QED) is 0.745. The fraction of sp³-hybridized carbons (Fsp3) is 0.588. The van der Waals surface area contributed by atoms with E-state index in [9.17, 15) is 8.42 Å². The third-order valence-electron chi connectivity index (χ3n) is 5.04. The summed E-state index contributed by atoms with van der Waals surface area (Å²) in [5.74, 6) is 0. The molecule has 2 aromatic rings. The van der Waals surface area contributed by atoms with Gasteiger partial charge in [-0.15, -0.1) is 5.10 Å². The highest BCUT2D eigenvalue weighted by Gasteiger charge is 2.34. The van der Waals surface area contributed by atoms with Crippen LogP contribution in [0.5, 0.6) is 0 Å². The van der Waals surface area contributed by atoms with Crippen molar-refractivity contribution in [2.75, 3.05) is 26.3 Å². The lowest BCUT2D eigenvalue weighted by Gasteiger charge is -2.23. The number of ether oxygens (including phenoxy) is 1. The molecule has 0 bridgehead atoms. The number of tetrazole rings is 1. The van der Waals surface area contributed by atoms with Gasteiger partial charge in [0.25, 0.3) is 0 Å². The van der Waals surface area contributed by atoms with Crippen LogP contribution in [0.4, 0.5) is 0 Å². The number of aryl methyl sites for hydroxylation is 1. The van der Waals surface area contributed by atoms with Crippen LogP contribution < -0.4 is 0 Å². The second-order valence-corrected chi connectivity index (χ2v) is 10.2. The summed E-state index contributed by atoms with van der Waals surface area (Å²) in [6.45, 7) is 4.39. The van der Waals surface area contributed by atoms with Crippen molar-refractivity contribution in [1.29, 1.82) is 0 Å². The monoisotopic (exact) mass is 409 g/mol. The number of thioether (sulfide) groups is 1. The maximum atomic E-state index is 12.9. The summed E-state index contributed by atoms with van der Waals surface area (Å²) in [5.41, 5.74) is 1.05. The Hall–Kier alpha value is -1.49. The molecule has 1 atom stereocenters. The fourth-order valence-corrected chi connectivity index (χ4v) is 6.19. The van der Waals surface area contributed by atoms with Gasteiger partial charge in [-0.1, -0.05) is 29.5 Å². The van der Waals surface area contributed by atoms with Gasteiger partial charge in [0.15, 0.2) is 0 Å². The molecule has 1 aromatic carbocycles. The molecule has 8 nitrogen and oxygen atoms in total. The Labute approximate surface area is 163 Å². The Morgan fingerprint density at radius 1 is 1.15 bits per heavy atom. The topological polar surface area (TPSA) is 90.2 Å². The normalized spacial score (nSPS) is 22.3. The molecule has 2 fully saturated rings. The summed E-state index contributed by atoms with van der Waals surface area (Å²) in [7, 11) is -3.45. The molecule has 0 radical (unpaired) electrons. The van der Waals surface area contributed by atoms with Gasteiger partial charge in [-0.05, 0) is 48.7 Å². The zero-order chi connectivity index (χ0) is 18.9.